The van der Waals surface area contributed by atoms with E-state index in [0.717, 1.165) is 24.5 Å². The molecule has 1 amide bonds. The Bertz CT molecular complexity index is 438. The van der Waals surface area contributed by atoms with Gasteiger partial charge in [-0.1, -0.05) is 32.1 Å². The Labute approximate surface area is 130 Å². The van der Waals surface area contributed by atoms with E-state index in [0.29, 0.717) is 17.5 Å². The van der Waals surface area contributed by atoms with Crippen LogP contribution >= 0.6 is 23.7 Å². The minimum atomic E-state index is -0.0177. The first-order chi connectivity index (χ1) is 8.95. The Morgan fingerprint density at radius 3 is 2.75 bits per heavy atom. The molecule has 1 aliphatic heterocycles. The van der Waals surface area contributed by atoms with Crippen molar-refractivity contribution in [3.63, 3.8) is 0 Å². The van der Waals surface area contributed by atoms with Crippen molar-refractivity contribution in [2.45, 2.75) is 45.4 Å². The average Bonchev–Trinajstić information content (AvgIpc) is 2.95. The molecular formula is C13H23ClN4OS. The van der Waals surface area contributed by atoms with Crippen molar-refractivity contribution in [3.05, 3.63) is 5.01 Å². The Balaban J connectivity index is 0.00000200. The third-order valence-corrected chi connectivity index (χ3v) is 4.52. The smallest absolute Gasteiger partial charge is 0.226 e. The second-order valence-corrected chi connectivity index (χ2v) is 7.09. The van der Waals surface area contributed by atoms with Crippen LogP contribution in [0.25, 0.3) is 0 Å². The lowest BCUT2D eigenvalue weighted by molar-refractivity contribution is -0.116. The van der Waals surface area contributed by atoms with Crippen molar-refractivity contribution < 1.29 is 4.79 Å². The number of carbonyl (C=O) groups excluding carboxylic acids is 1. The lowest BCUT2D eigenvalue weighted by atomic mass is 9.98. The van der Waals surface area contributed by atoms with Crippen LogP contribution in [0.2, 0.25) is 0 Å². The largest absolute Gasteiger partial charge is 0.316 e. The van der Waals surface area contributed by atoms with Crippen LogP contribution in [0.4, 0.5) is 5.13 Å². The van der Waals surface area contributed by atoms with Gasteiger partial charge in [0.2, 0.25) is 11.0 Å². The summed E-state index contributed by atoms with van der Waals surface area (Å²) < 4.78 is 0. The second-order valence-electron chi connectivity index (χ2n) is 6.11. The van der Waals surface area contributed by atoms with Crippen LogP contribution in [0, 0.1) is 5.92 Å². The first-order valence-electron chi connectivity index (χ1n) is 6.79. The lowest BCUT2D eigenvalue weighted by Gasteiger charge is -2.12. The van der Waals surface area contributed by atoms with Gasteiger partial charge in [0.15, 0.2) is 0 Å². The second kappa shape index (κ2) is 7.33. The maximum atomic E-state index is 11.8. The third kappa shape index (κ3) is 5.00. The van der Waals surface area contributed by atoms with E-state index < -0.39 is 0 Å². The van der Waals surface area contributed by atoms with Crippen molar-refractivity contribution in [1.29, 1.82) is 0 Å². The zero-order valence-corrected chi connectivity index (χ0v) is 13.9. The number of hydrogen-bond donors (Lipinski definition) is 2. The molecule has 2 N–H and O–H groups in total. The van der Waals surface area contributed by atoms with E-state index in [1.165, 1.54) is 17.8 Å². The molecule has 0 aromatic carbocycles. The Hall–Kier alpha value is -0.720. The number of rotatable bonds is 4. The van der Waals surface area contributed by atoms with E-state index in [9.17, 15) is 4.79 Å². The molecule has 1 saturated heterocycles. The molecule has 0 radical (unpaired) electrons. The maximum absolute atomic E-state index is 11.8. The standard InChI is InChI=1S/C13H22N4OS.ClH/c1-13(2,3)11-16-17-12(19-11)15-10(18)5-4-9-6-7-14-8-9;/h9,14H,4-8H2,1-3H3,(H,15,17,18);1H. The molecule has 7 heteroatoms. The highest BCUT2D eigenvalue weighted by atomic mass is 35.5. The van der Waals surface area contributed by atoms with E-state index >= 15 is 0 Å². The molecule has 0 saturated carbocycles. The van der Waals surface area contributed by atoms with Crippen molar-refractivity contribution in [3.8, 4) is 0 Å². The van der Waals surface area contributed by atoms with Gasteiger partial charge in [-0.15, -0.1) is 22.6 Å². The fourth-order valence-corrected chi connectivity index (χ4v) is 2.87. The first kappa shape index (κ1) is 17.3. The van der Waals surface area contributed by atoms with Gasteiger partial charge in [-0.25, -0.2) is 0 Å². The van der Waals surface area contributed by atoms with E-state index in [2.05, 4.69) is 41.6 Å². The molecule has 0 spiro atoms. The van der Waals surface area contributed by atoms with Gasteiger partial charge in [0.1, 0.15) is 5.01 Å². The molecule has 1 aliphatic rings. The van der Waals surface area contributed by atoms with E-state index in [1.807, 2.05) is 0 Å². The topological polar surface area (TPSA) is 66.9 Å². The summed E-state index contributed by atoms with van der Waals surface area (Å²) in [5.41, 5.74) is -0.0177. The highest BCUT2D eigenvalue weighted by Gasteiger charge is 2.20. The van der Waals surface area contributed by atoms with Crippen LogP contribution in [0.3, 0.4) is 0 Å². The zero-order valence-electron chi connectivity index (χ0n) is 12.2. The summed E-state index contributed by atoms with van der Waals surface area (Å²) >= 11 is 1.46. The number of hydrogen-bond acceptors (Lipinski definition) is 5. The van der Waals surface area contributed by atoms with Crippen molar-refractivity contribution >= 4 is 34.8 Å². The Kier molecular flexibility index (Phi) is 6.36. The summed E-state index contributed by atoms with van der Waals surface area (Å²) in [6, 6.07) is 0. The fraction of sp³-hybridized carbons (Fsp3) is 0.769. The molecule has 1 unspecified atom stereocenters. The number of aromatic nitrogens is 2. The molecule has 2 rings (SSSR count). The molecule has 0 bridgehead atoms. The molecule has 5 nitrogen and oxygen atoms in total. The van der Waals surface area contributed by atoms with Gasteiger partial charge >= 0.3 is 0 Å². The number of nitrogens with one attached hydrogen (secondary N) is 2. The summed E-state index contributed by atoms with van der Waals surface area (Å²) in [7, 11) is 0. The van der Waals surface area contributed by atoms with Gasteiger partial charge in [0, 0.05) is 11.8 Å². The van der Waals surface area contributed by atoms with E-state index in [1.54, 1.807) is 0 Å². The van der Waals surface area contributed by atoms with Crippen LogP contribution in [-0.2, 0) is 10.2 Å². The molecule has 1 aromatic rings. The SMILES string of the molecule is CC(C)(C)c1nnc(NC(=O)CCC2CCNC2)s1.Cl. The first-order valence-corrected chi connectivity index (χ1v) is 7.61. The predicted octanol–water partition coefficient (Wildman–Crippen LogP) is 2.59. The Morgan fingerprint density at radius 1 is 1.45 bits per heavy atom. The molecule has 1 fully saturated rings. The highest BCUT2D eigenvalue weighted by Crippen LogP contribution is 2.27. The van der Waals surface area contributed by atoms with Gasteiger partial charge in [-0.2, -0.15) is 0 Å². The molecule has 1 aromatic heterocycles. The van der Waals surface area contributed by atoms with Gasteiger partial charge < -0.3 is 10.6 Å². The van der Waals surface area contributed by atoms with Crippen molar-refractivity contribution in [2.75, 3.05) is 18.4 Å². The number of amides is 1. The summed E-state index contributed by atoms with van der Waals surface area (Å²) in [5.74, 6) is 0.689. The van der Waals surface area contributed by atoms with Crippen LogP contribution in [0.5, 0.6) is 0 Å². The van der Waals surface area contributed by atoms with Gasteiger partial charge in [0.05, 0.1) is 0 Å². The maximum Gasteiger partial charge on any atom is 0.226 e. The predicted molar refractivity (Wildman–Crippen MR) is 84.7 cm³/mol. The summed E-state index contributed by atoms with van der Waals surface area (Å²) in [4.78, 5) is 11.8. The third-order valence-electron chi connectivity index (χ3n) is 3.25. The molecule has 0 aliphatic carbocycles. The summed E-state index contributed by atoms with van der Waals surface area (Å²) in [6.45, 7) is 8.39. The molecule has 1 atom stereocenters. The normalized spacial score (nSPS) is 18.6. The molecular weight excluding hydrogens is 296 g/mol. The van der Waals surface area contributed by atoms with Gasteiger partial charge in [-0.05, 0) is 31.8 Å². The number of carbonyl (C=O) groups is 1. The molecule has 114 valence electrons. The van der Waals surface area contributed by atoms with Gasteiger partial charge in [-0.3, -0.25) is 4.79 Å². The van der Waals surface area contributed by atoms with Gasteiger partial charge in [0.25, 0.3) is 0 Å². The summed E-state index contributed by atoms with van der Waals surface area (Å²) in [5, 5.41) is 15.9. The van der Waals surface area contributed by atoms with E-state index in [4.69, 9.17) is 0 Å². The number of nitrogens with zero attached hydrogens (tertiary/aromatic N) is 2. The average molecular weight is 319 g/mol. The fourth-order valence-electron chi connectivity index (χ4n) is 2.05. The number of anilines is 1. The van der Waals surface area contributed by atoms with Crippen molar-refractivity contribution in [2.24, 2.45) is 5.92 Å². The molecule has 2 heterocycles. The quantitative estimate of drug-likeness (QED) is 0.895. The van der Waals surface area contributed by atoms with E-state index in [-0.39, 0.29) is 23.7 Å². The minimum Gasteiger partial charge on any atom is -0.316 e. The molecule has 20 heavy (non-hydrogen) atoms. The Morgan fingerprint density at radius 2 is 2.20 bits per heavy atom. The minimum absolute atomic E-state index is 0. The van der Waals surface area contributed by atoms with Crippen LogP contribution in [0.1, 0.15) is 45.0 Å². The van der Waals surface area contributed by atoms with Crippen LogP contribution in [0.15, 0.2) is 0 Å². The van der Waals surface area contributed by atoms with Crippen molar-refractivity contribution in [1.82, 2.24) is 15.5 Å². The summed E-state index contributed by atoms with van der Waals surface area (Å²) in [6.07, 6.45) is 2.70. The van der Waals surface area contributed by atoms with Crippen LogP contribution < -0.4 is 10.6 Å². The zero-order chi connectivity index (χ0) is 13.9. The van der Waals surface area contributed by atoms with Crippen LogP contribution in [-0.4, -0.2) is 29.2 Å². The highest BCUT2D eigenvalue weighted by molar-refractivity contribution is 7.15. The number of halogens is 1. The monoisotopic (exact) mass is 318 g/mol. The lowest BCUT2D eigenvalue weighted by Crippen LogP contribution is -2.14.